The molecular formula is C20H20ClN3OS. The molecule has 1 amide bonds. The lowest BCUT2D eigenvalue weighted by Crippen LogP contribution is -2.48. The van der Waals surface area contributed by atoms with Crippen molar-refractivity contribution < 1.29 is 4.79 Å². The lowest BCUT2D eigenvalue weighted by atomic mass is 10.1. The first-order chi connectivity index (χ1) is 12.5. The number of piperazine rings is 1. The fourth-order valence-corrected chi connectivity index (χ4v) is 4.52. The number of fused-ring (bicyclic) bond motifs is 1. The molecule has 0 atom stereocenters. The fourth-order valence-electron chi connectivity index (χ4n) is 3.21. The van der Waals surface area contributed by atoms with Gasteiger partial charge in [0, 0.05) is 26.2 Å². The van der Waals surface area contributed by atoms with Gasteiger partial charge in [0.25, 0.3) is 5.91 Å². The molecule has 134 valence electrons. The second-order valence-electron chi connectivity index (χ2n) is 6.66. The number of carbonyl (C=O) groups is 1. The van der Waals surface area contributed by atoms with Gasteiger partial charge in [0.2, 0.25) is 0 Å². The van der Waals surface area contributed by atoms with E-state index in [9.17, 15) is 4.79 Å². The number of aromatic nitrogens is 1. The molecule has 2 aromatic carbocycles. The molecule has 1 aliphatic rings. The second-order valence-corrected chi connectivity index (χ2v) is 8.08. The summed E-state index contributed by atoms with van der Waals surface area (Å²) in [5.74, 6) is 0.00537. The van der Waals surface area contributed by atoms with Gasteiger partial charge in [-0.05, 0) is 49.2 Å². The van der Waals surface area contributed by atoms with Crippen molar-refractivity contribution in [2.45, 2.75) is 13.8 Å². The van der Waals surface area contributed by atoms with Crippen LogP contribution in [0.5, 0.6) is 0 Å². The van der Waals surface area contributed by atoms with E-state index in [1.807, 2.05) is 17.0 Å². The summed E-state index contributed by atoms with van der Waals surface area (Å²) in [6, 6.07) is 11.6. The van der Waals surface area contributed by atoms with Crippen LogP contribution in [0.3, 0.4) is 0 Å². The van der Waals surface area contributed by atoms with E-state index in [1.54, 1.807) is 23.5 Å². The lowest BCUT2D eigenvalue weighted by molar-refractivity contribution is 0.0747. The molecule has 1 fully saturated rings. The molecule has 4 rings (SSSR count). The van der Waals surface area contributed by atoms with E-state index >= 15 is 0 Å². The van der Waals surface area contributed by atoms with Gasteiger partial charge in [0.1, 0.15) is 0 Å². The van der Waals surface area contributed by atoms with Gasteiger partial charge in [-0.1, -0.05) is 35.1 Å². The van der Waals surface area contributed by atoms with E-state index in [1.165, 1.54) is 15.8 Å². The zero-order valence-electron chi connectivity index (χ0n) is 14.8. The number of hydrogen-bond donors (Lipinski definition) is 0. The molecule has 0 radical (unpaired) electrons. The van der Waals surface area contributed by atoms with E-state index < -0.39 is 0 Å². The third-order valence-corrected chi connectivity index (χ3v) is 6.34. The van der Waals surface area contributed by atoms with Crippen LogP contribution in [0.4, 0.5) is 5.13 Å². The van der Waals surface area contributed by atoms with E-state index in [4.69, 9.17) is 16.6 Å². The maximum absolute atomic E-state index is 12.7. The van der Waals surface area contributed by atoms with Crippen molar-refractivity contribution >= 4 is 44.2 Å². The molecular weight excluding hydrogens is 366 g/mol. The normalized spacial score (nSPS) is 14.9. The minimum atomic E-state index is 0.00537. The number of benzene rings is 2. The summed E-state index contributed by atoms with van der Waals surface area (Å²) in [7, 11) is 0. The van der Waals surface area contributed by atoms with Crippen molar-refractivity contribution in [3.63, 3.8) is 0 Å². The molecule has 26 heavy (non-hydrogen) atoms. The standard InChI is InChI=1S/C20H20ClN3OS/c1-13-11-17-18(12-14(13)2)26-20(22-17)24-9-7-23(8-10-24)19(25)15-5-3-4-6-16(15)21/h3-6,11-12H,7-10H2,1-2H3. The number of hydrogen-bond acceptors (Lipinski definition) is 4. The van der Waals surface area contributed by atoms with Gasteiger partial charge in [-0.15, -0.1) is 0 Å². The third-order valence-electron chi connectivity index (χ3n) is 4.93. The first kappa shape index (κ1) is 17.3. The predicted molar refractivity (Wildman–Crippen MR) is 109 cm³/mol. The Bertz CT molecular complexity index is 937. The number of aryl methyl sites for hydroxylation is 2. The number of carbonyl (C=O) groups excluding carboxylic acids is 1. The molecule has 0 unspecified atom stereocenters. The van der Waals surface area contributed by atoms with Gasteiger partial charge in [-0.2, -0.15) is 0 Å². The molecule has 0 aliphatic carbocycles. The Hall–Kier alpha value is -2.11. The molecule has 1 aromatic heterocycles. The summed E-state index contributed by atoms with van der Waals surface area (Å²) < 4.78 is 1.22. The largest absolute Gasteiger partial charge is 0.345 e. The Labute approximate surface area is 162 Å². The van der Waals surface area contributed by atoms with Crippen LogP contribution in [0.25, 0.3) is 10.2 Å². The van der Waals surface area contributed by atoms with Gasteiger partial charge < -0.3 is 9.80 Å². The smallest absolute Gasteiger partial charge is 0.255 e. The van der Waals surface area contributed by atoms with Gasteiger partial charge in [0.15, 0.2) is 5.13 Å². The van der Waals surface area contributed by atoms with Crippen molar-refractivity contribution in [2.75, 3.05) is 31.1 Å². The maximum Gasteiger partial charge on any atom is 0.255 e. The van der Waals surface area contributed by atoms with Crippen LogP contribution in [0.15, 0.2) is 36.4 Å². The number of nitrogens with zero attached hydrogens (tertiary/aromatic N) is 3. The molecule has 1 aliphatic heterocycles. The van der Waals surface area contributed by atoms with Crippen LogP contribution in [0.1, 0.15) is 21.5 Å². The molecule has 0 spiro atoms. The minimum absolute atomic E-state index is 0.00537. The lowest BCUT2D eigenvalue weighted by Gasteiger charge is -2.34. The highest BCUT2D eigenvalue weighted by Crippen LogP contribution is 2.31. The maximum atomic E-state index is 12.7. The van der Waals surface area contributed by atoms with Gasteiger partial charge in [-0.25, -0.2) is 4.98 Å². The van der Waals surface area contributed by atoms with Crippen molar-refractivity contribution in [1.29, 1.82) is 0 Å². The molecule has 1 saturated heterocycles. The third kappa shape index (κ3) is 3.17. The fraction of sp³-hybridized carbons (Fsp3) is 0.300. The molecule has 0 saturated carbocycles. The van der Waals surface area contributed by atoms with Crippen LogP contribution in [0.2, 0.25) is 5.02 Å². The Balaban J connectivity index is 1.48. The average molecular weight is 386 g/mol. The quantitative estimate of drug-likeness (QED) is 0.650. The second kappa shape index (κ2) is 6.89. The van der Waals surface area contributed by atoms with Crippen molar-refractivity contribution in [3.8, 4) is 0 Å². The van der Waals surface area contributed by atoms with Gasteiger partial charge in [-0.3, -0.25) is 4.79 Å². The molecule has 6 heteroatoms. The number of thiazole rings is 1. The first-order valence-electron chi connectivity index (χ1n) is 8.69. The molecule has 4 nitrogen and oxygen atoms in total. The minimum Gasteiger partial charge on any atom is -0.345 e. The highest BCUT2D eigenvalue weighted by molar-refractivity contribution is 7.22. The molecule has 0 bridgehead atoms. The number of halogens is 1. The Morgan fingerprint density at radius 1 is 1.08 bits per heavy atom. The van der Waals surface area contributed by atoms with Crippen molar-refractivity contribution in [3.05, 3.63) is 58.1 Å². The zero-order valence-corrected chi connectivity index (χ0v) is 16.4. The topological polar surface area (TPSA) is 36.4 Å². The van der Waals surface area contributed by atoms with Crippen LogP contribution in [-0.2, 0) is 0 Å². The highest BCUT2D eigenvalue weighted by atomic mass is 35.5. The number of anilines is 1. The summed E-state index contributed by atoms with van der Waals surface area (Å²) >= 11 is 7.89. The van der Waals surface area contributed by atoms with E-state index in [2.05, 4.69) is 30.9 Å². The number of rotatable bonds is 2. The average Bonchev–Trinajstić information content (AvgIpc) is 3.05. The van der Waals surface area contributed by atoms with Crippen LogP contribution < -0.4 is 4.90 Å². The summed E-state index contributed by atoms with van der Waals surface area (Å²) in [6.07, 6.45) is 0. The summed E-state index contributed by atoms with van der Waals surface area (Å²) in [5.41, 5.74) is 4.20. The van der Waals surface area contributed by atoms with E-state index in [-0.39, 0.29) is 5.91 Å². The first-order valence-corrected chi connectivity index (χ1v) is 9.89. The Morgan fingerprint density at radius 3 is 2.50 bits per heavy atom. The van der Waals surface area contributed by atoms with Crippen LogP contribution >= 0.6 is 22.9 Å². The van der Waals surface area contributed by atoms with Crippen molar-refractivity contribution in [2.24, 2.45) is 0 Å². The van der Waals surface area contributed by atoms with E-state index in [0.717, 1.165) is 23.7 Å². The molecule has 2 heterocycles. The predicted octanol–water partition coefficient (Wildman–Crippen LogP) is 4.53. The van der Waals surface area contributed by atoms with E-state index in [0.29, 0.717) is 23.7 Å². The SMILES string of the molecule is Cc1cc2nc(N3CCN(C(=O)c4ccccc4Cl)CC3)sc2cc1C. The molecule has 3 aromatic rings. The van der Waals surface area contributed by atoms with Gasteiger partial charge in [0.05, 0.1) is 20.8 Å². The van der Waals surface area contributed by atoms with Crippen LogP contribution in [0, 0.1) is 13.8 Å². The summed E-state index contributed by atoms with van der Waals surface area (Å²) in [6.45, 7) is 7.18. The zero-order chi connectivity index (χ0) is 18.3. The summed E-state index contributed by atoms with van der Waals surface area (Å²) in [5, 5.41) is 1.55. The van der Waals surface area contributed by atoms with Gasteiger partial charge >= 0.3 is 0 Å². The van der Waals surface area contributed by atoms with Crippen LogP contribution in [-0.4, -0.2) is 42.0 Å². The monoisotopic (exact) mass is 385 g/mol. The van der Waals surface area contributed by atoms with Crippen molar-refractivity contribution in [1.82, 2.24) is 9.88 Å². The highest BCUT2D eigenvalue weighted by Gasteiger charge is 2.25. The Morgan fingerprint density at radius 2 is 1.77 bits per heavy atom. The summed E-state index contributed by atoms with van der Waals surface area (Å²) in [4.78, 5) is 21.6. The molecule has 0 N–H and O–H groups in total. The number of amides is 1. The Kier molecular flexibility index (Phi) is 4.59.